The normalized spacial score (nSPS) is 13.1. The number of halogens is 3. The van der Waals surface area contributed by atoms with Crippen molar-refractivity contribution in [1.29, 1.82) is 0 Å². The van der Waals surface area contributed by atoms with Crippen LogP contribution in [0.5, 0.6) is 0 Å². The van der Waals surface area contributed by atoms with Gasteiger partial charge in [-0.25, -0.2) is 4.98 Å². The largest absolute Gasteiger partial charge is 0.452 e. The molecule has 24 heavy (non-hydrogen) atoms. The Morgan fingerprint density at radius 1 is 1.17 bits per heavy atom. The molecule has 2 aromatic heterocycles. The highest BCUT2D eigenvalue weighted by Crippen LogP contribution is 2.34. The highest BCUT2D eigenvalue weighted by Gasteiger charge is 2.38. The molecule has 0 aliphatic heterocycles. The molecule has 0 bridgehead atoms. The Morgan fingerprint density at radius 2 is 1.88 bits per heavy atom. The van der Waals surface area contributed by atoms with Gasteiger partial charge in [-0.15, -0.1) is 22.0 Å². The molecule has 0 saturated carbocycles. The summed E-state index contributed by atoms with van der Waals surface area (Å²) in [6, 6.07) is 6.56. The Morgan fingerprint density at radius 3 is 2.54 bits per heavy atom. The van der Waals surface area contributed by atoms with E-state index in [9.17, 15) is 18.3 Å². The van der Waals surface area contributed by atoms with Crippen molar-refractivity contribution in [3.63, 3.8) is 0 Å². The fourth-order valence-electron chi connectivity index (χ4n) is 2.15. The van der Waals surface area contributed by atoms with Crippen LogP contribution >= 0.6 is 11.8 Å². The molecule has 0 amide bonds. The molecule has 0 atom stereocenters. The summed E-state index contributed by atoms with van der Waals surface area (Å²) in [7, 11) is 0. The second kappa shape index (κ2) is 5.89. The quantitative estimate of drug-likeness (QED) is 0.726. The molecule has 1 aromatic carbocycles. The number of rotatable bonds is 4. The molecule has 2 heterocycles. The van der Waals surface area contributed by atoms with Gasteiger partial charge in [-0.3, -0.25) is 4.40 Å². The van der Waals surface area contributed by atoms with E-state index in [0.717, 1.165) is 4.40 Å². The van der Waals surface area contributed by atoms with Crippen LogP contribution in [-0.2, 0) is 6.18 Å². The van der Waals surface area contributed by atoms with Crippen molar-refractivity contribution in [1.82, 2.24) is 19.6 Å². The SMILES string of the molecule is CC(C)(CO)CSc1nc2ccccc2n2c(C(F)(F)F)nnc12. The van der Waals surface area contributed by atoms with E-state index in [-0.39, 0.29) is 17.7 Å². The number of aromatic nitrogens is 4. The van der Waals surface area contributed by atoms with E-state index in [0.29, 0.717) is 21.8 Å². The maximum Gasteiger partial charge on any atom is 0.452 e. The Balaban J connectivity index is 2.21. The highest BCUT2D eigenvalue weighted by molar-refractivity contribution is 7.99. The molecule has 0 unspecified atom stereocenters. The lowest BCUT2D eigenvalue weighted by Crippen LogP contribution is -2.19. The molecular formula is C15H15F3N4OS. The molecule has 5 nitrogen and oxygen atoms in total. The van der Waals surface area contributed by atoms with Gasteiger partial charge in [0.05, 0.1) is 11.0 Å². The van der Waals surface area contributed by atoms with Crippen molar-refractivity contribution in [2.75, 3.05) is 12.4 Å². The Kier molecular flexibility index (Phi) is 4.16. The summed E-state index contributed by atoms with van der Waals surface area (Å²) in [5, 5.41) is 16.7. The van der Waals surface area contributed by atoms with Gasteiger partial charge in [0.2, 0.25) is 5.82 Å². The molecule has 9 heteroatoms. The number of hydrogen-bond acceptors (Lipinski definition) is 5. The average molecular weight is 356 g/mol. The third-order valence-electron chi connectivity index (χ3n) is 3.48. The summed E-state index contributed by atoms with van der Waals surface area (Å²) in [5.74, 6) is -0.585. The molecule has 0 fully saturated rings. The van der Waals surface area contributed by atoms with Gasteiger partial charge in [-0.2, -0.15) is 13.2 Å². The number of nitrogens with zero attached hydrogens (tertiary/aromatic N) is 4. The summed E-state index contributed by atoms with van der Waals surface area (Å²) >= 11 is 1.26. The number of para-hydroxylation sites is 2. The van der Waals surface area contributed by atoms with Gasteiger partial charge in [0.1, 0.15) is 5.03 Å². The first-order valence-corrected chi connectivity index (χ1v) is 8.16. The Hall–Kier alpha value is -1.87. The molecule has 0 aliphatic carbocycles. The lowest BCUT2D eigenvalue weighted by atomic mass is 9.98. The van der Waals surface area contributed by atoms with Gasteiger partial charge in [-0.05, 0) is 17.5 Å². The number of benzene rings is 1. The number of hydrogen-bond donors (Lipinski definition) is 1. The van der Waals surface area contributed by atoms with Crippen LogP contribution in [0.25, 0.3) is 16.7 Å². The van der Waals surface area contributed by atoms with Crippen molar-refractivity contribution >= 4 is 28.4 Å². The minimum atomic E-state index is -4.62. The molecule has 3 aromatic rings. The van der Waals surface area contributed by atoms with Gasteiger partial charge in [0, 0.05) is 12.4 Å². The second-order valence-electron chi connectivity index (χ2n) is 6.20. The summed E-state index contributed by atoms with van der Waals surface area (Å²) < 4.78 is 40.8. The predicted molar refractivity (Wildman–Crippen MR) is 84.9 cm³/mol. The van der Waals surface area contributed by atoms with Crippen molar-refractivity contribution in [3.05, 3.63) is 30.1 Å². The zero-order chi connectivity index (χ0) is 17.5. The van der Waals surface area contributed by atoms with E-state index in [1.807, 2.05) is 13.8 Å². The van der Waals surface area contributed by atoms with Gasteiger partial charge < -0.3 is 5.11 Å². The van der Waals surface area contributed by atoms with Crippen molar-refractivity contribution in [2.24, 2.45) is 5.41 Å². The van der Waals surface area contributed by atoms with Crippen molar-refractivity contribution in [2.45, 2.75) is 25.0 Å². The maximum atomic E-state index is 13.3. The summed E-state index contributed by atoms with van der Waals surface area (Å²) in [6.07, 6.45) is -4.62. The smallest absolute Gasteiger partial charge is 0.396 e. The molecule has 0 radical (unpaired) electrons. The van der Waals surface area contributed by atoms with Crippen molar-refractivity contribution in [3.8, 4) is 0 Å². The van der Waals surface area contributed by atoms with Gasteiger partial charge >= 0.3 is 6.18 Å². The number of aliphatic hydroxyl groups excluding tert-OH is 1. The van der Waals surface area contributed by atoms with Crippen LogP contribution in [0.2, 0.25) is 0 Å². The second-order valence-corrected chi connectivity index (χ2v) is 7.16. The monoisotopic (exact) mass is 356 g/mol. The van der Waals surface area contributed by atoms with E-state index >= 15 is 0 Å². The molecule has 0 spiro atoms. The minimum Gasteiger partial charge on any atom is -0.396 e. The van der Waals surface area contributed by atoms with E-state index < -0.39 is 12.0 Å². The molecule has 1 N–H and O–H groups in total. The maximum absolute atomic E-state index is 13.3. The van der Waals surface area contributed by atoms with Crippen LogP contribution in [0, 0.1) is 5.41 Å². The molecule has 0 saturated heterocycles. The fourth-order valence-corrected chi connectivity index (χ4v) is 3.19. The van der Waals surface area contributed by atoms with Crippen LogP contribution in [0.15, 0.2) is 29.3 Å². The third kappa shape index (κ3) is 3.05. The van der Waals surface area contributed by atoms with Crippen LogP contribution in [0.3, 0.4) is 0 Å². The fraction of sp³-hybridized carbons (Fsp3) is 0.400. The van der Waals surface area contributed by atoms with E-state index in [2.05, 4.69) is 15.2 Å². The zero-order valence-corrected chi connectivity index (χ0v) is 13.8. The molecule has 128 valence electrons. The average Bonchev–Trinajstić information content (AvgIpc) is 2.98. The number of thioether (sulfide) groups is 1. The van der Waals surface area contributed by atoms with Crippen LogP contribution in [-0.4, -0.2) is 37.0 Å². The van der Waals surface area contributed by atoms with Crippen molar-refractivity contribution < 1.29 is 18.3 Å². The standard InChI is InChI=1S/C15H15F3N4OS/c1-14(2,7-23)8-24-12-11-20-21-13(15(16,17)18)22(11)10-6-4-3-5-9(10)19-12/h3-6,23H,7-8H2,1-2H3. The summed E-state index contributed by atoms with van der Waals surface area (Å²) in [4.78, 5) is 4.43. The number of alkyl halides is 3. The van der Waals surface area contributed by atoms with Crippen LogP contribution in [0.1, 0.15) is 19.7 Å². The van der Waals surface area contributed by atoms with Gasteiger partial charge in [-0.1, -0.05) is 26.0 Å². The van der Waals surface area contributed by atoms with Crippen LogP contribution in [0.4, 0.5) is 13.2 Å². The third-order valence-corrected chi connectivity index (χ3v) is 4.95. The lowest BCUT2D eigenvalue weighted by Gasteiger charge is -2.20. The summed E-state index contributed by atoms with van der Waals surface area (Å²) in [6.45, 7) is 3.69. The first kappa shape index (κ1) is 17.0. The highest BCUT2D eigenvalue weighted by atomic mass is 32.2. The predicted octanol–water partition coefficient (Wildman–Crippen LogP) is 3.41. The van der Waals surface area contributed by atoms with E-state index in [1.54, 1.807) is 24.3 Å². The lowest BCUT2D eigenvalue weighted by molar-refractivity contribution is -0.145. The van der Waals surface area contributed by atoms with E-state index in [1.165, 1.54) is 11.8 Å². The number of fused-ring (bicyclic) bond motifs is 3. The molecule has 0 aliphatic rings. The first-order valence-electron chi connectivity index (χ1n) is 7.18. The minimum absolute atomic E-state index is 0.0373. The molecule has 3 rings (SSSR count). The first-order chi connectivity index (χ1) is 11.2. The topological polar surface area (TPSA) is 63.3 Å². The molecular weight excluding hydrogens is 341 g/mol. The Bertz CT molecular complexity index is 891. The summed E-state index contributed by atoms with van der Waals surface area (Å²) in [5.41, 5.74) is 0.414. The zero-order valence-electron chi connectivity index (χ0n) is 13.0. The van der Waals surface area contributed by atoms with E-state index in [4.69, 9.17) is 0 Å². The van der Waals surface area contributed by atoms with Gasteiger partial charge in [0.15, 0.2) is 5.65 Å². The van der Waals surface area contributed by atoms with Crippen LogP contribution < -0.4 is 0 Å². The Labute approximate surface area is 139 Å². The number of aliphatic hydroxyl groups is 1. The van der Waals surface area contributed by atoms with Gasteiger partial charge in [0.25, 0.3) is 0 Å².